The minimum Gasteiger partial charge on any atom is -0.396 e. The Bertz CT molecular complexity index is 77.0. The zero-order valence-corrected chi connectivity index (χ0v) is 4.63. The molecule has 0 aliphatic rings. The summed E-state index contributed by atoms with van der Waals surface area (Å²) in [5, 5.41) is 16.1. The molecule has 0 aromatic rings. The summed E-state index contributed by atoms with van der Waals surface area (Å²) >= 11 is 0. The summed E-state index contributed by atoms with van der Waals surface area (Å²) in [4.78, 5) is 0. The number of nitriles is 1. The van der Waals surface area contributed by atoms with Gasteiger partial charge in [0.2, 0.25) is 0 Å². The molecule has 0 saturated carbocycles. The molecule has 0 aliphatic carbocycles. The molecule has 0 atom stereocenters. The lowest BCUT2D eigenvalue weighted by molar-refractivity contribution is 0.141. The fourth-order valence-electron chi connectivity index (χ4n) is 0.284. The molecule has 8 heavy (non-hydrogen) atoms. The van der Waals surface area contributed by atoms with E-state index < -0.39 is 0 Å². The lowest BCUT2D eigenvalue weighted by Gasteiger charge is -1.92. The molecule has 0 saturated heterocycles. The van der Waals surface area contributed by atoms with E-state index in [1.807, 2.05) is 6.07 Å². The summed E-state index contributed by atoms with van der Waals surface area (Å²) in [7, 11) is 0. The van der Waals surface area contributed by atoms with Gasteiger partial charge in [0, 0.05) is 6.61 Å². The second-order valence-corrected chi connectivity index (χ2v) is 1.29. The van der Waals surface area contributed by atoms with Gasteiger partial charge in [-0.25, -0.2) is 0 Å². The molecule has 3 nitrogen and oxygen atoms in total. The summed E-state index contributed by atoms with van der Waals surface area (Å²) in [6, 6.07) is 1.82. The van der Waals surface area contributed by atoms with Crippen molar-refractivity contribution in [1.29, 1.82) is 5.26 Å². The van der Waals surface area contributed by atoms with Gasteiger partial charge in [-0.2, -0.15) is 5.26 Å². The molecule has 1 N–H and O–H groups in total. The van der Waals surface area contributed by atoms with E-state index in [2.05, 4.69) is 0 Å². The third-order valence-corrected chi connectivity index (χ3v) is 0.613. The third kappa shape index (κ3) is 5.41. The highest BCUT2D eigenvalue weighted by atomic mass is 16.5. The van der Waals surface area contributed by atoms with Crippen LogP contribution in [-0.2, 0) is 4.74 Å². The van der Waals surface area contributed by atoms with Gasteiger partial charge in [0.15, 0.2) is 0 Å². The monoisotopic (exact) mass is 115 g/mol. The van der Waals surface area contributed by atoms with Crippen LogP contribution >= 0.6 is 0 Å². The number of ether oxygens (including phenoxy) is 1. The van der Waals surface area contributed by atoms with Crippen LogP contribution in [0.4, 0.5) is 0 Å². The SMILES string of the molecule is N#CCOCCCO. The lowest BCUT2D eigenvalue weighted by Crippen LogP contribution is -1.96. The molecule has 0 unspecified atom stereocenters. The minimum atomic E-state index is 0.125. The van der Waals surface area contributed by atoms with Crippen LogP contribution in [-0.4, -0.2) is 24.9 Å². The molecular formula is C5H9NO2. The Morgan fingerprint density at radius 1 is 1.62 bits per heavy atom. The first kappa shape index (κ1) is 7.41. The van der Waals surface area contributed by atoms with Gasteiger partial charge >= 0.3 is 0 Å². The largest absolute Gasteiger partial charge is 0.396 e. The Morgan fingerprint density at radius 2 is 2.38 bits per heavy atom. The topological polar surface area (TPSA) is 53.2 Å². The normalized spacial score (nSPS) is 8.50. The fourth-order valence-corrected chi connectivity index (χ4v) is 0.284. The molecule has 46 valence electrons. The van der Waals surface area contributed by atoms with Gasteiger partial charge < -0.3 is 9.84 Å². The van der Waals surface area contributed by atoms with Gasteiger partial charge in [-0.15, -0.1) is 0 Å². The summed E-state index contributed by atoms with van der Waals surface area (Å²) in [6.45, 7) is 0.732. The molecule has 0 fully saturated rings. The van der Waals surface area contributed by atoms with Gasteiger partial charge in [0.05, 0.1) is 12.7 Å². The second-order valence-electron chi connectivity index (χ2n) is 1.29. The zero-order valence-electron chi connectivity index (χ0n) is 4.63. The van der Waals surface area contributed by atoms with Crippen LogP contribution in [0.2, 0.25) is 0 Å². The van der Waals surface area contributed by atoms with E-state index in [1.54, 1.807) is 0 Å². The first-order valence-corrected chi connectivity index (χ1v) is 2.47. The standard InChI is InChI=1S/C5H9NO2/c6-2-5-8-4-1-3-7/h7H,1,3-5H2. The van der Waals surface area contributed by atoms with Crippen LogP contribution in [0.1, 0.15) is 6.42 Å². The number of aliphatic hydroxyl groups excluding tert-OH is 1. The highest BCUT2D eigenvalue weighted by molar-refractivity contribution is 4.65. The Balaban J connectivity index is 2.65. The predicted molar refractivity (Wildman–Crippen MR) is 28.1 cm³/mol. The van der Waals surface area contributed by atoms with Crippen molar-refractivity contribution in [2.45, 2.75) is 6.42 Å². The molecule has 0 bridgehead atoms. The van der Waals surface area contributed by atoms with Gasteiger partial charge in [0.1, 0.15) is 6.61 Å². The maximum Gasteiger partial charge on any atom is 0.133 e. The van der Waals surface area contributed by atoms with Gasteiger partial charge in [-0.05, 0) is 6.42 Å². The highest BCUT2D eigenvalue weighted by Gasteiger charge is 1.82. The van der Waals surface area contributed by atoms with Crippen molar-refractivity contribution in [1.82, 2.24) is 0 Å². The molecule has 0 heterocycles. The van der Waals surface area contributed by atoms with Crippen molar-refractivity contribution < 1.29 is 9.84 Å². The average molecular weight is 115 g/mol. The number of hydrogen-bond donors (Lipinski definition) is 1. The van der Waals surface area contributed by atoms with Gasteiger partial charge in [0.25, 0.3) is 0 Å². The summed E-state index contributed by atoms with van der Waals surface area (Å²) in [5.74, 6) is 0. The Labute approximate surface area is 48.5 Å². The Kier molecular flexibility index (Phi) is 5.94. The van der Waals surface area contributed by atoms with E-state index >= 15 is 0 Å². The van der Waals surface area contributed by atoms with Crippen LogP contribution in [0.15, 0.2) is 0 Å². The van der Waals surface area contributed by atoms with Crippen LogP contribution < -0.4 is 0 Å². The molecule has 0 spiro atoms. The second kappa shape index (κ2) is 6.41. The molecule has 0 rings (SSSR count). The summed E-state index contributed by atoms with van der Waals surface area (Å²) in [5.41, 5.74) is 0. The molecule has 0 amide bonds. The summed E-state index contributed by atoms with van der Waals surface area (Å²) < 4.78 is 4.70. The number of rotatable bonds is 4. The van der Waals surface area contributed by atoms with E-state index in [-0.39, 0.29) is 13.2 Å². The first-order chi connectivity index (χ1) is 3.91. The van der Waals surface area contributed by atoms with E-state index in [1.165, 1.54) is 0 Å². The van der Waals surface area contributed by atoms with Crippen molar-refractivity contribution in [2.75, 3.05) is 19.8 Å². The average Bonchev–Trinajstić information content (AvgIpc) is 1.81. The zero-order chi connectivity index (χ0) is 6.24. The van der Waals surface area contributed by atoms with Crippen molar-refractivity contribution in [3.05, 3.63) is 0 Å². The van der Waals surface area contributed by atoms with Crippen molar-refractivity contribution in [3.63, 3.8) is 0 Å². The highest BCUT2D eigenvalue weighted by Crippen LogP contribution is 1.77. The smallest absolute Gasteiger partial charge is 0.133 e. The van der Waals surface area contributed by atoms with Crippen LogP contribution in [0, 0.1) is 11.3 Å². The van der Waals surface area contributed by atoms with Crippen LogP contribution in [0.3, 0.4) is 0 Å². The van der Waals surface area contributed by atoms with E-state index in [0.717, 1.165) is 0 Å². The molecule has 0 aliphatic heterocycles. The maximum absolute atomic E-state index is 8.20. The maximum atomic E-state index is 8.20. The van der Waals surface area contributed by atoms with E-state index in [9.17, 15) is 0 Å². The first-order valence-electron chi connectivity index (χ1n) is 2.47. The number of nitrogens with zero attached hydrogens (tertiary/aromatic N) is 1. The fraction of sp³-hybridized carbons (Fsp3) is 0.800. The van der Waals surface area contributed by atoms with E-state index in [4.69, 9.17) is 15.1 Å². The predicted octanol–water partition coefficient (Wildman–Crippen LogP) is -0.0910. The van der Waals surface area contributed by atoms with Crippen molar-refractivity contribution in [2.24, 2.45) is 0 Å². The minimum absolute atomic E-state index is 0.125. The molecule has 0 radical (unpaired) electrons. The van der Waals surface area contributed by atoms with Gasteiger partial charge in [-0.3, -0.25) is 0 Å². The third-order valence-electron chi connectivity index (χ3n) is 0.613. The number of aliphatic hydroxyl groups is 1. The number of hydrogen-bond acceptors (Lipinski definition) is 3. The van der Waals surface area contributed by atoms with Crippen molar-refractivity contribution >= 4 is 0 Å². The lowest BCUT2D eigenvalue weighted by atomic mass is 10.5. The Hall–Kier alpha value is -0.590. The quantitative estimate of drug-likeness (QED) is 0.521. The summed E-state index contributed by atoms with van der Waals surface area (Å²) in [6.07, 6.45) is 0.613. The molecule has 0 aromatic carbocycles. The van der Waals surface area contributed by atoms with E-state index in [0.29, 0.717) is 13.0 Å². The van der Waals surface area contributed by atoms with Crippen LogP contribution in [0.5, 0.6) is 0 Å². The molecule has 0 aromatic heterocycles. The molecular weight excluding hydrogens is 106 g/mol. The Morgan fingerprint density at radius 3 is 2.88 bits per heavy atom. The molecule has 3 heteroatoms. The van der Waals surface area contributed by atoms with Gasteiger partial charge in [-0.1, -0.05) is 0 Å². The van der Waals surface area contributed by atoms with Crippen LogP contribution in [0.25, 0.3) is 0 Å². The van der Waals surface area contributed by atoms with Crippen molar-refractivity contribution in [3.8, 4) is 6.07 Å².